The van der Waals surface area contributed by atoms with Gasteiger partial charge in [0.2, 0.25) is 10.0 Å². The van der Waals surface area contributed by atoms with Gasteiger partial charge in [-0.25, -0.2) is 18.5 Å². The number of rotatable bonds is 4. The molecule has 0 unspecified atom stereocenters. The zero-order chi connectivity index (χ0) is 12.5. The predicted octanol–water partition coefficient (Wildman–Crippen LogP) is 1.01. The zero-order valence-corrected chi connectivity index (χ0v) is 10.6. The lowest BCUT2D eigenvalue weighted by Crippen LogP contribution is -2.53. The molecule has 1 saturated carbocycles. The Labute approximate surface area is 101 Å². The minimum atomic E-state index is -3.50. The van der Waals surface area contributed by atoms with Crippen LogP contribution in [0.15, 0.2) is 18.2 Å². The molecule has 0 aliphatic heterocycles. The molecule has 0 saturated heterocycles. The molecular formula is C11H17N3O2S. The second-order valence-corrected chi connectivity index (χ2v) is 6.56. The summed E-state index contributed by atoms with van der Waals surface area (Å²) in [7, 11) is -3.50. The number of primary sulfonamides is 1. The van der Waals surface area contributed by atoms with Crippen molar-refractivity contribution >= 4 is 15.8 Å². The van der Waals surface area contributed by atoms with E-state index in [0.717, 1.165) is 12.1 Å². The summed E-state index contributed by atoms with van der Waals surface area (Å²) >= 11 is 0. The highest BCUT2D eigenvalue weighted by atomic mass is 32.2. The first-order valence-corrected chi connectivity index (χ1v) is 7.17. The average molecular weight is 255 g/mol. The van der Waals surface area contributed by atoms with Crippen LogP contribution in [0.5, 0.6) is 0 Å². The molecule has 1 heterocycles. The fourth-order valence-electron chi connectivity index (χ4n) is 2.03. The van der Waals surface area contributed by atoms with Gasteiger partial charge in [-0.05, 0) is 31.9 Å². The van der Waals surface area contributed by atoms with Gasteiger partial charge in [0.15, 0.2) is 0 Å². The summed E-state index contributed by atoms with van der Waals surface area (Å²) in [5, 5.41) is 8.35. The molecule has 0 atom stereocenters. The summed E-state index contributed by atoms with van der Waals surface area (Å²) in [6, 6.07) is 5.60. The molecule has 1 aliphatic rings. The average Bonchev–Trinajstić information content (AvgIpc) is 2.13. The molecule has 5 nitrogen and oxygen atoms in total. The van der Waals surface area contributed by atoms with Crippen LogP contribution in [0.25, 0.3) is 0 Å². The van der Waals surface area contributed by atoms with Crippen LogP contribution < -0.4 is 10.5 Å². The lowest BCUT2D eigenvalue weighted by molar-refractivity contribution is 0.351. The molecule has 1 aromatic rings. The van der Waals surface area contributed by atoms with Crippen LogP contribution in [0.2, 0.25) is 0 Å². The van der Waals surface area contributed by atoms with Crippen LogP contribution >= 0.6 is 0 Å². The second kappa shape index (κ2) is 4.27. The Bertz CT molecular complexity index is 509. The standard InChI is InChI=1S/C11H17N3O2S/c1-9-4-2-5-10(14-9)13-8-11(6-3-7-11)17(12,15)16/h2,4-5H,3,6-8H2,1H3,(H,13,14)(H2,12,15,16). The van der Waals surface area contributed by atoms with Crippen molar-refractivity contribution < 1.29 is 8.42 Å². The van der Waals surface area contributed by atoms with Crippen molar-refractivity contribution in [2.45, 2.75) is 30.9 Å². The van der Waals surface area contributed by atoms with Crippen LogP contribution in [-0.4, -0.2) is 24.7 Å². The van der Waals surface area contributed by atoms with Gasteiger partial charge >= 0.3 is 0 Å². The normalized spacial score (nSPS) is 18.5. The van der Waals surface area contributed by atoms with Crippen molar-refractivity contribution in [1.29, 1.82) is 0 Å². The van der Waals surface area contributed by atoms with E-state index in [0.29, 0.717) is 25.2 Å². The van der Waals surface area contributed by atoms with Crippen molar-refractivity contribution in [3.05, 3.63) is 23.9 Å². The Morgan fingerprint density at radius 2 is 2.18 bits per heavy atom. The summed E-state index contributed by atoms with van der Waals surface area (Å²) in [6.07, 6.45) is 2.18. The van der Waals surface area contributed by atoms with E-state index in [9.17, 15) is 8.42 Å². The summed E-state index contributed by atoms with van der Waals surface area (Å²) in [4.78, 5) is 4.27. The van der Waals surface area contributed by atoms with E-state index in [1.165, 1.54) is 0 Å². The van der Waals surface area contributed by atoms with Crippen LogP contribution in [0.1, 0.15) is 25.0 Å². The molecule has 0 bridgehead atoms. The lowest BCUT2D eigenvalue weighted by Gasteiger charge is -2.39. The quantitative estimate of drug-likeness (QED) is 0.841. The monoisotopic (exact) mass is 255 g/mol. The molecule has 0 radical (unpaired) electrons. The molecule has 1 aromatic heterocycles. The van der Waals surface area contributed by atoms with Gasteiger partial charge in [-0.2, -0.15) is 0 Å². The van der Waals surface area contributed by atoms with E-state index in [4.69, 9.17) is 5.14 Å². The Morgan fingerprint density at radius 3 is 2.65 bits per heavy atom. The summed E-state index contributed by atoms with van der Waals surface area (Å²) in [5.74, 6) is 0.694. The fraction of sp³-hybridized carbons (Fsp3) is 0.545. The van der Waals surface area contributed by atoms with Crippen molar-refractivity contribution in [2.24, 2.45) is 5.14 Å². The molecule has 2 rings (SSSR count). The van der Waals surface area contributed by atoms with Gasteiger partial charge in [0.05, 0.1) is 0 Å². The van der Waals surface area contributed by atoms with E-state index in [1.807, 2.05) is 25.1 Å². The third-order valence-corrected chi connectivity index (χ3v) is 5.11. The Kier molecular flexibility index (Phi) is 3.09. The number of aryl methyl sites for hydroxylation is 1. The molecule has 3 N–H and O–H groups in total. The Hall–Kier alpha value is -1.14. The smallest absolute Gasteiger partial charge is 0.216 e. The maximum absolute atomic E-state index is 11.5. The molecule has 0 amide bonds. The number of pyridine rings is 1. The number of nitrogens with two attached hydrogens (primary N) is 1. The highest BCUT2D eigenvalue weighted by molar-refractivity contribution is 7.90. The van der Waals surface area contributed by atoms with Crippen molar-refractivity contribution in [3.63, 3.8) is 0 Å². The third-order valence-electron chi connectivity index (χ3n) is 3.35. The number of nitrogens with one attached hydrogen (secondary N) is 1. The maximum atomic E-state index is 11.5. The first-order chi connectivity index (χ1) is 7.93. The number of anilines is 1. The van der Waals surface area contributed by atoms with Crippen molar-refractivity contribution in [2.75, 3.05) is 11.9 Å². The maximum Gasteiger partial charge on any atom is 0.216 e. The van der Waals surface area contributed by atoms with Gasteiger partial charge in [0, 0.05) is 12.2 Å². The van der Waals surface area contributed by atoms with Crippen molar-refractivity contribution in [3.8, 4) is 0 Å². The van der Waals surface area contributed by atoms with Gasteiger partial charge in [-0.1, -0.05) is 12.5 Å². The van der Waals surface area contributed by atoms with E-state index in [2.05, 4.69) is 10.3 Å². The van der Waals surface area contributed by atoms with Crippen LogP contribution in [-0.2, 0) is 10.0 Å². The van der Waals surface area contributed by atoms with E-state index in [1.54, 1.807) is 0 Å². The topological polar surface area (TPSA) is 85.1 Å². The highest BCUT2D eigenvalue weighted by Gasteiger charge is 2.46. The van der Waals surface area contributed by atoms with Gasteiger partial charge in [-0.15, -0.1) is 0 Å². The lowest BCUT2D eigenvalue weighted by atomic mass is 9.84. The third kappa shape index (κ3) is 2.42. The highest BCUT2D eigenvalue weighted by Crippen LogP contribution is 2.37. The van der Waals surface area contributed by atoms with Gasteiger partial charge < -0.3 is 5.32 Å². The SMILES string of the molecule is Cc1cccc(NCC2(S(N)(=O)=O)CCC2)n1. The largest absolute Gasteiger partial charge is 0.368 e. The van der Waals surface area contributed by atoms with E-state index in [-0.39, 0.29) is 0 Å². The minimum Gasteiger partial charge on any atom is -0.368 e. The van der Waals surface area contributed by atoms with Crippen molar-refractivity contribution in [1.82, 2.24) is 4.98 Å². The van der Waals surface area contributed by atoms with Gasteiger partial charge in [0.1, 0.15) is 10.6 Å². The number of aromatic nitrogens is 1. The summed E-state index contributed by atoms with van der Waals surface area (Å²) < 4.78 is 22.3. The molecule has 17 heavy (non-hydrogen) atoms. The number of nitrogens with zero attached hydrogens (tertiary/aromatic N) is 1. The number of sulfonamides is 1. The molecule has 0 aromatic carbocycles. The Balaban J connectivity index is 2.07. The summed E-state index contributed by atoms with van der Waals surface area (Å²) in [5.41, 5.74) is 0.897. The second-order valence-electron chi connectivity index (χ2n) is 4.60. The first-order valence-electron chi connectivity index (χ1n) is 5.63. The van der Waals surface area contributed by atoms with Gasteiger partial charge in [-0.3, -0.25) is 0 Å². The number of hydrogen-bond acceptors (Lipinski definition) is 4. The Morgan fingerprint density at radius 1 is 1.47 bits per heavy atom. The van der Waals surface area contributed by atoms with E-state index < -0.39 is 14.8 Å². The van der Waals surface area contributed by atoms with Crippen LogP contribution in [0.4, 0.5) is 5.82 Å². The molecule has 1 aliphatic carbocycles. The minimum absolute atomic E-state index is 0.336. The fourth-order valence-corrected chi connectivity index (χ4v) is 3.16. The molecule has 6 heteroatoms. The summed E-state index contributed by atoms with van der Waals surface area (Å²) in [6.45, 7) is 2.23. The molecule has 94 valence electrons. The zero-order valence-electron chi connectivity index (χ0n) is 9.81. The molecule has 0 spiro atoms. The number of hydrogen-bond donors (Lipinski definition) is 2. The van der Waals surface area contributed by atoms with Crippen LogP contribution in [0.3, 0.4) is 0 Å². The predicted molar refractivity (Wildman–Crippen MR) is 67.2 cm³/mol. The van der Waals surface area contributed by atoms with E-state index >= 15 is 0 Å². The molecular weight excluding hydrogens is 238 g/mol. The van der Waals surface area contributed by atoms with Crippen LogP contribution in [0, 0.1) is 6.92 Å². The van der Waals surface area contributed by atoms with Gasteiger partial charge in [0.25, 0.3) is 0 Å². The first kappa shape index (κ1) is 12.3. The molecule has 1 fully saturated rings.